The zero-order valence-corrected chi connectivity index (χ0v) is 9.59. The van der Waals surface area contributed by atoms with Gasteiger partial charge in [-0.15, -0.1) is 0 Å². The first kappa shape index (κ1) is 10.2. The van der Waals surface area contributed by atoms with Crippen molar-refractivity contribution in [2.75, 3.05) is 0 Å². The van der Waals surface area contributed by atoms with Gasteiger partial charge in [-0.1, -0.05) is 11.6 Å². The van der Waals surface area contributed by atoms with E-state index in [4.69, 9.17) is 11.6 Å². The number of nitrogens with zero attached hydrogens (tertiary/aromatic N) is 2. The van der Waals surface area contributed by atoms with Crippen molar-refractivity contribution in [1.29, 1.82) is 0 Å². The molecule has 0 unspecified atom stereocenters. The quantitative estimate of drug-likeness (QED) is 0.713. The molecule has 1 aromatic heterocycles. The molecule has 1 heterocycles. The summed E-state index contributed by atoms with van der Waals surface area (Å²) >= 11 is 5.85. The van der Waals surface area contributed by atoms with Gasteiger partial charge in [-0.2, -0.15) is 0 Å². The van der Waals surface area contributed by atoms with Crippen LogP contribution in [0.1, 0.15) is 0 Å². The summed E-state index contributed by atoms with van der Waals surface area (Å²) in [6.07, 6.45) is 1.73. The van der Waals surface area contributed by atoms with E-state index in [1.54, 1.807) is 18.5 Å². The summed E-state index contributed by atoms with van der Waals surface area (Å²) in [6, 6.07) is 12.7. The molecule has 3 aromatic rings. The molecule has 0 atom stereocenters. The van der Waals surface area contributed by atoms with Crippen LogP contribution in [0.5, 0.6) is 5.75 Å². The molecule has 0 saturated heterocycles. The number of aromatic nitrogens is 2. The Morgan fingerprint density at radius 2 is 1.82 bits per heavy atom. The van der Waals surface area contributed by atoms with Crippen LogP contribution in [0.4, 0.5) is 0 Å². The lowest BCUT2D eigenvalue weighted by molar-refractivity contribution is 0.476. The van der Waals surface area contributed by atoms with Gasteiger partial charge in [0.05, 0.1) is 11.0 Å². The zero-order valence-electron chi connectivity index (χ0n) is 8.84. The van der Waals surface area contributed by atoms with Crippen LogP contribution in [0, 0.1) is 0 Å². The van der Waals surface area contributed by atoms with Gasteiger partial charge in [-0.25, -0.2) is 4.98 Å². The van der Waals surface area contributed by atoms with Crippen molar-refractivity contribution >= 4 is 22.6 Å². The van der Waals surface area contributed by atoms with E-state index in [9.17, 15) is 5.11 Å². The third-order valence-electron chi connectivity index (χ3n) is 2.64. The minimum absolute atomic E-state index is 0.221. The molecule has 0 amide bonds. The SMILES string of the molecule is Oc1ccc2c(c1)ncn2-c1ccc(Cl)cc1. The predicted molar refractivity (Wildman–Crippen MR) is 67.7 cm³/mol. The maximum Gasteiger partial charge on any atom is 0.117 e. The maximum atomic E-state index is 9.38. The first-order valence-corrected chi connectivity index (χ1v) is 5.54. The van der Waals surface area contributed by atoms with Gasteiger partial charge >= 0.3 is 0 Å². The van der Waals surface area contributed by atoms with Crippen molar-refractivity contribution in [3.8, 4) is 11.4 Å². The van der Waals surface area contributed by atoms with Crippen LogP contribution in [0.2, 0.25) is 5.02 Å². The zero-order chi connectivity index (χ0) is 11.8. The van der Waals surface area contributed by atoms with Crippen LogP contribution in [-0.2, 0) is 0 Å². The first-order chi connectivity index (χ1) is 8.24. The molecule has 0 bridgehead atoms. The van der Waals surface area contributed by atoms with Crippen LogP contribution < -0.4 is 0 Å². The third kappa shape index (κ3) is 1.74. The van der Waals surface area contributed by atoms with Crippen LogP contribution >= 0.6 is 11.6 Å². The summed E-state index contributed by atoms with van der Waals surface area (Å²) in [5.74, 6) is 0.221. The van der Waals surface area contributed by atoms with Crippen LogP contribution in [0.25, 0.3) is 16.7 Å². The van der Waals surface area contributed by atoms with Crippen LogP contribution in [0.3, 0.4) is 0 Å². The Bertz CT molecular complexity index is 673. The number of aromatic hydroxyl groups is 1. The summed E-state index contributed by atoms with van der Waals surface area (Å²) in [6.45, 7) is 0. The van der Waals surface area contributed by atoms with E-state index in [0.29, 0.717) is 5.02 Å². The molecular weight excluding hydrogens is 236 g/mol. The number of imidazole rings is 1. The third-order valence-corrected chi connectivity index (χ3v) is 2.89. The van der Waals surface area contributed by atoms with E-state index in [2.05, 4.69) is 4.98 Å². The smallest absolute Gasteiger partial charge is 0.117 e. The lowest BCUT2D eigenvalue weighted by Crippen LogP contribution is -1.90. The Balaban J connectivity index is 2.21. The van der Waals surface area contributed by atoms with E-state index >= 15 is 0 Å². The largest absolute Gasteiger partial charge is 0.508 e. The average molecular weight is 245 g/mol. The van der Waals surface area contributed by atoms with Crippen molar-refractivity contribution in [3.63, 3.8) is 0 Å². The lowest BCUT2D eigenvalue weighted by atomic mass is 10.2. The van der Waals surface area contributed by atoms with Crippen molar-refractivity contribution in [3.05, 3.63) is 53.8 Å². The van der Waals surface area contributed by atoms with Gasteiger partial charge in [-0.3, -0.25) is 4.57 Å². The van der Waals surface area contributed by atoms with Crippen LogP contribution in [0.15, 0.2) is 48.8 Å². The Hall–Kier alpha value is -2.00. The molecule has 4 heteroatoms. The Kier molecular flexibility index (Phi) is 2.27. The second-order valence-electron chi connectivity index (χ2n) is 3.76. The molecule has 2 aromatic carbocycles. The molecule has 17 heavy (non-hydrogen) atoms. The number of rotatable bonds is 1. The second kappa shape index (κ2) is 3.79. The highest BCUT2D eigenvalue weighted by atomic mass is 35.5. The fourth-order valence-corrected chi connectivity index (χ4v) is 1.93. The van der Waals surface area contributed by atoms with Crippen molar-refractivity contribution in [1.82, 2.24) is 9.55 Å². The summed E-state index contributed by atoms with van der Waals surface area (Å²) in [4.78, 5) is 4.25. The molecule has 0 aliphatic carbocycles. The topological polar surface area (TPSA) is 38.1 Å². The number of phenolic OH excluding ortho intramolecular Hbond substituents is 1. The van der Waals surface area contributed by atoms with E-state index in [-0.39, 0.29) is 5.75 Å². The second-order valence-corrected chi connectivity index (χ2v) is 4.20. The number of hydrogen-bond donors (Lipinski definition) is 1. The lowest BCUT2D eigenvalue weighted by Gasteiger charge is -2.04. The monoisotopic (exact) mass is 244 g/mol. The number of hydrogen-bond acceptors (Lipinski definition) is 2. The van der Waals surface area contributed by atoms with E-state index in [1.807, 2.05) is 34.9 Å². The molecule has 0 saturated carbocycles. The Labute approximate surface area is 103 Å². The molecule has 84 valence electrons. The number of fused-ring (bicyclic) bond motifs is 1. The molecule has 0 aliphatic rings. The number of halogens is 1. The number of benzene rings is 2. The molecule has 3 rings (SSSR count). The predicted octanol–water partition coefficient (Wildman–Crippen LogP) is 3.38. The standard InChI is InChI=1S/C13H9ClN2O/c14-9-1-3-10(4-2-9)16-8-15-12-7-11(17)5-6-13(12)16/h1-8,17H. The van der Waals surface area contributed by atoms with E-state index in [0.717, 1.165) is 16.7 Å². The van der Waals surface area contributed by atoms with Gasteiger partial charge in [-0.05, 0) is 36.4 Å². The molecule has 0 aliphatic heterocycles. The minimum atomic E-state index is 0.221. The van der Waals surface area contributed by atoms with Gasteiger partial charge in [0, 0.05) is 16.8 Å². The number of phenols is 1. The van der Waals surface area contributed by atoms with Gasteiger partial charge < -0.3 is 5.11 Å². The summed E-state index contributed by atoms with van der Waals surface area (Å²) in [5.41, 5.74) is 2.70. The Morgan fingerprint density at radius 1 is 1.06 bits per heavy atom. The fourth-order valence-electron chi connectivity index (χ4n) is 1.81. The van der Waals surface area contributed by atoms with Gasteiger partial charge in [0.25, 0.3) is 0 Å². The molecule has 0 spiro atoms. The van der Waals surface area contributed by atoms with Crippen molar-refractivity contribution in [2.45, 2.75) is 0 Å². The summed E-state index contributed by atoms with van der Waals surface area (Å²) < 4.78 is 1.95. The minimum Gasteiger partial charge on any atom is -0.508 e. The maximum absolute atomic E-state index is 9.38. The molecular formula is C13H9ClN2O. The van der Waals surface area contributed by atoms with Crippen LogP contribution in [-0.4, -0.2) is 14.7 Å². The summed E-state index contributed by atoms with van der Waals surface area (Å²) in [5, 5.41) is 10.1. The average Bonchev–Trinajstić information content (AvgIpc) is 2.73. The molecule has 3 nitrogen and oxygen atoms in total. The molecule has 0 fully saturated rings. The van der Waals surface area contributed by atoms with E-state index < -0.39 is 0 Å². The highest BCUT2D eigenvalue weighted by molar-refractivity contribution is 6.30. The van der Waals surface area contributed by atoms with Gasteiger partial charge in [0.2, 0.25) is 0 Å². The first-order valence-electron chi connectivity index (χ1n) is 5.16. The fraction of sp³-hybridized carbons (Fsp3) is 0. The molecule has 1 N–H and O–H groups in total. The van der Waals surface area contributed by atoms with Gasteiger partial charge in [0.15, 0.2) is 0 Å². The summed E-state index contributed by atoms with van der Waals surface area (Å²) in [7, 11) is 0. The normalized spacial score (nSPS) is 10.9. The highest BCUT2D eigenvalue weighted by Crippen LogP contribution is 2.22. The van der Waals surface area contributed by atoms with Crippen molar-refractivity contribution < 1.29 is 5.11 Å². The molecule has 0 radical (unpaired) electrons. The Morgan fingerprint density at radius 3 is 2.59 bits per heavy atom. The highest BCUT2D eigenvalue weighted by Gasteiger charge is 2.04. The van der Waals surface area contributed by atoms with Gasteiger partial charge in [0.1, 0.15) is 12.1 Å². The van der Waals surface area contributed by atoms with Crippen molar-refractivity contribution in [2.24, 2.45) is 0 Å². The van der Waals surface area contributed by atoms with E-state index in [1.165, 1.54) is 0 Å².